The molecule has 2 heterocycles. The van der Waals surface area contributed by atoms with Crippen molar-refractivity contribution in [3.8, 4) is 5.75 Å². The lowest BCUT2D eigenvalue weighted by molar-refractivity contribution is -0.132. The van der Waals surface area contributed by atoms with Gasteiger partial charge in [-0.1, -0.05) is 37.6 Å². The molecular weight excluding hydrogens is 372 g/mol. The van der Waals surface area contributed by atoms with Crippen LogP contribution in [-0.4, -0.2) is 25.7 Å². The average Bonchev–Trinajstić information content (AvgIpc) is 3.31. The Morgan fingerprint density at radius 2 is 2.07 bits per heavy atom. The number of carbonyl (C=O) groups is 1. The van der Waals surface area contributed by atoms with Gasteiger partial charge in [-0.2, -0.15) is 0 Å². The number of nitrogens with zero attached hydrogens (tertiary/aromatic N) is 2. The van der Waals surface area contributed by atoms with Gasteiger partial charge in [-0.15, -0.1) is 11.3 Å². The minimum absolute atomic E-state index is 0.249. The Bertz CT molecular complexity index is 958. The van der Waals surface area contributed by atoms with Gasteiger partial charge in [0.2, 0.25) is 0 Å². The maximum Gasteiger partial charge on any atom is 0.332 e. The summed E-state index contributed by atoms with van der Waals surface area (Å²) in [5, 5.41) is 21.6. The Hall–Kier alpha value is -2.86. The third-order valence-electron chi connectivity index (χ3n) is 4.51. The molecule has 0 aliphatic rings. The minimum atomic E-state index is -0.932. The van der Waals surface area contributed by atoms with Crippen LogP contribution in [0.5, 0.6) is 5.75 Å². The van der Waals surface area contributed by atoms with E-state index in [-0.39, 0.29) is 5.75 Å². The Labute approximate surface area is 168 Å². The summed E-state index contributed by atoms with van der Waals surface area (Å²) in [5.74, 6) is 0.217. The van der Waals surface area contributed by atoms with Crippen molar-refractivity contribution < 1.29 is 15.0 Å². The predicted molar refractivity (Wildman–Crippen MR) is 112 cm³/mol. The van der Waals surface area contributed by atoms with Gasteiger partial charge in [-0.3, -0.25) is 0 Å². The third kappa shape index (κ3) is 5.10. The van der Waals surface area contributed by atoms with E-state index in [2.05, 4.69) is 11.9 Å². The van der Waals surface area contributed by atoms with Crippen LogP contribution in [0.2, 0.25) is 0 Å². The fourth-order valence-corrected chi connectivity index (χ4v) is 3.74. The molecule has 0 fully saturated rings. The second-order valence-corrected chi connectivity index (χ2v) is 7.71. The maximum absolute atomic E-state index is 11.7. The molecule has 0 saturated carbocycles. The van der Waals surface area contributed by atoms with Crippen LogP contribution >= 0.6 is 11.3 Å². The molecule has 0 unspecified atom stereocenters. The van der Waals surface area contributed by atoms with Gasteiger partial charge in [0.1, 0.15) is 11.6 Å². The number of para-hydroxylation sites is 1. The van der Waals surface area contributed by atoms with Crippen LogP contribution in [0, 0.1) is 0 Å². The number of aromatic nitrogens is 2. The number of phenols is 1. The van der Waals surface area contributed by atoms with Crippen LogP contribution in [-0.2, 0) is 24.2 Å². The minimum Gasteiger partial charge on any atom is -0.508 e. The standard InChI is InChI=1S/C22H24N2O3S/c1-2-3-10-21-23-18(12-17(22(26)27)13-19-8-6-11-28-19)15-24(21)14-16-7-4-5-9-20(16)25/h4-9,11-12,15,25H,2-3,10,13-14H2,1H3,(H,26,27). The van der Waals surface area contributed by atoms with Gasteiger partial charge >= 0.3 is 5.97 Å². The number of rotatable bonds is 9. The molecule has 0 aliphatic carbocycles. The Kier molecular flexibility index (Phi) is 6.66. The molecule has 0 saturated heterocycles. The second kappa shape index (κ2) is 9.37. The largest absolute Gasteiger partial charge is 0.508 e. The summed E-state index contributed by atoms with van der Waals surface area (Å²) < 4.78 is 2.00. The van der Waals surface area contributed by atoms with Gasteiger partial charge in [0.25, 0.3) is 0 Å². The topological polar surface area (TPSA) is 75.3 Å². The van der Waals surface area contributed by atoms with E-state index in [9.17, 15) is 15.0 Å². The molecule has 1 aromatic carbocycles. The molecule has 28 heavy (non-hydrogen) atoms. The highest BCUT2D eigenvalue weighted by molar-refractivity contribution is 7.09. The summed E-state index contributed by atoms with van der Waals surface area (Å²) in [6.07, 6.45) is 6.76. The summed E-state index contributed by atoms with van der Waals surface area (Å²) in [5.41, 5.74) is 1.76. The number of carboxylic acid groups (broad SMARTS) is 1. The van der Waals surface area contributed by atoms with Gasteiger partial charge in [0, 0.05) is 35.1 Å². The quantitative estimate of drug-likeness (QED) is 0.512. The summed E-state index contributed by atoms with van der Waals surface area (Å²) >= 11 is 1.54. The van der Waals surface area contributed by atoms with E-state index in [1.54, 1.807) is 29.5 Å². The number of aromatic hydroxyl groups is 1. The Morgan fingerprint density at radius 1 is 1.25 bits per heavy atom. The highest BCUT2D eigenvalue weighted by atomic mass is 32.1. The van der Waals surface area contributed by atoms with Gasteiger partial charge in [-0.25, -0.2) is 9.78 Å². The van der Waals surface area contributed by atoms with Gasteiger partial charge in [-0.05, 0) is 30.0 Å². The lowest BCUT2D eigenvalue weighted by atomic mass is 10.1. The zero-order chi connectivity index (χ0) is 19.9. The lowest BCUT2D eigenvalue weighted by Crippen LogP contribution is -2.04. The molecule has 0 bridgehead atoms. The van der Waals surface area contributed by atoms with Crippen molar-refractivity contribution in [1.82, 2.24) is 9.55 Å². The zero-order valence-corrected chi connectivity index (χ0v) is 16.7. The highest BCUT2D eigenvalue weighted by Gasteiger charge is 2.13. The smallest absolute Gasteiger partial charge is 0.332 e. The molecule has 2 aromatic heterocycles. The van der Waals surface area contributed by atoms with Crippen LogP contribution in [0.15, 0.2) is 53.5 Å². The fourth-order valence-electron chi connectivity index (χ4n) is 3.01. The van der Waals surface area contributed by atoms with E-state index in [4.69, 9.17) is 0 Å². The predicted octanol–water partition coefficient (Wildman–Crippen LogP) is 4.75. The van der Waals surface area contributed by atoms with Crippen molar-refractivity contribution in [2.75, 3.05) is 0 Å². The van der Waals surface area contributed by atoms with Gasteiger partial charge in [0.15, 0.2) is 0 Å². The van der Waals surface area contributed by atoms with E-state index in [1.807, 2.05) is 40.4 Å². The van der Waals surface area contributed by atoms with Crippen molar-refractivity contribution in [3.63, 3.8) is 0 Å². The van der Waals surface area contributed by atoms with Crippen molar-refractivity contribution in [1.29, 1.82) is 0 Å². The molecule has 0 spiro atoms. The van der Waals surface area contributed by atoms with Crippen LogP contribution < -0.4 is 0 Å². The van der Waals surface area contributed by atoms with Gasteiger partial charge in [0.05, 0.1) is 12.2 Å². The molecule has 0 amide bonds. The summed E-state index contributed by atoms with van der Waals surface area (Å²) in [7, 11) is 0. The number of phenolic OH excluding ortho intramolecular Hbond substituents is 1. The first-order chi connectivity index (χ1) is 13.6. The molecule has 0 radical (unpaired) electrons. The molecular formula is C22H24N2O3S. The third-order valence-corrected chi connectivity index (χ3v) is 5.38. The molecule has 3 rings (SSSR count). The fraction of sp³-hybridized carbons (Fsp3) is 0.273. The Balaban J connectivity index is 1.90. The van der Waals surface area contributed by atoms with Crippen LogP contribution in [0.4, 0.5) is 0 Å². The number of hydrogen-bond donors (Lipinski definition) is 2. The van der Waals surface area contributed by atoms with Gasteiger partial charge < -0.3 is 14.8 Å². The maximum atomic E-state index is 11.7. The Morgan fingerprint density at radius 3 is 2.75 bits per heavy atom. The second-order valence-electron chi connectivity index (χ2n) is 6.67. The number of aliphatic carboxylic acids is 1. The van der Waals surface area contributed by atoms with Crippen LogP contribution in [0.3, 0.4) is 0 Å². The molecule has 146 valence electrons. The van der Waals surface area contributed by atoms with Crippen LogP contribution in [0.25, 0.3) is 6.08 Å². The SMILES string of the molecule is CCCCc1nc(C=C(Cc2cccs2)C(=O)O)cn1Cc1ccccc1O. The number of carboxylic acids is 1. The highest BCUT2D eigenvalue weighted by Crippen LogP contribution is 2.21. The number of aryl methyl sites for hydroxylation is 1. The number of thiophene rings is 1. The van der Waals surface area contributed by atoms with Crippen LogP contribution in [0.1, 0.15) is 41.7 Å². The number of benzene rings is 1. The first-order valence-electron chi connectivity index (χ1n) is 9.36. The van der Waals surface area contributed by atoms with E-state index in [1.165, 1.54) is 0 Å². The average molecular weight is 397 g/mol. The normalized spacial score (nSPS) is 11.7. The molecule has 3 aromatic rings. The molecule has 2 N–H and O–H groups in total. The molecule has 5 nitrogen and oxygen atoms in total. The van der Waals surface area contributed by atoms with E-state index in [0.717, 1.165) is 35.5 Å². The molecule has 0 aliphatic heterocycles. The van der Waals surface area contributed by atoms with Crippen molar-refractivity contribution in [2.45, 2.75) is 39.2 Å². The zero-order valence-electron chi connectivity index (χ0n) is 15.8. The van der Waals surface area contributed by atoms with E-state index < -0.39 is 5.97 Å². The number of hydrogen-bond acceptors (Lipinski definition) is 4. The first kappa shape index (κ1) is 19.9. The summed E-state index contributed by atoms with van der Waals surface area (Å²) in [4.78, 5) is 17.4. The summed E-state index contributed by atoms with van der Waals surface area (Å²) in [6, 6.07) is 11.1. The molecule has 0 atom stereocenters. The first-order valence-corrected chi connectivity index (χ1v) is 10.2. The summed E-state index contributed by atoms with van der Waals surface area (Å²) in [6.45, 7) is 2.63. The number of imidazole rings is 1. The monoisotopic (exact) mass is 396 g/mol. The number of unbranched alkanes of at least 4 members (excludes halogenated alkanes) is 1. The van der Waals surface area contributed by atoms with Crippen molar-refractivity contribution >= 4 is 23.4 Å². The van der Waals surface area contributed by atoms with Crippen molar-refractivity contribution in [3.05, 3.63) is 75.5 Å². The van der Waals surface area contributed by atoms with Crippen molar-refractivity contribution in [2.24, 2.45) is 0 Å². The van der Waals surface area contributed by atoms with E-state index in [0.29, 0.717) is 24.2 Å². The lowest BCUT2D eigenvalue weighted by Gasteiger charge is -2.08. The molecule has 6 heteroatoms. The van der Waals surface area contributed by atoms with E-state index >= 15 is 0 Å².